The molecule has 0 amide bonds. The van der Waals surface area contributed by atoms with Gasteiger partial charge in [-0.3, -0.25) is 9.78 Å². The second-order valence-corrected chi connectivity index (χ2v) is 10.6. The van der Waals surface area contributed by atoms with Crippen LogP contribution in [0.4, 0.5) is 13.2 Å². The Morgan fingerprint density at radius 1 is 1.12 bits per heavy atom. The third kappa shape index (κ3) is 4.78. The zero-order chi connectivity index (χ0) is 22.9. The minimum absolute atomic E-state index is 0.0267. The molecule has 0 unspecified atom stereocenters. The van der Waals surface area contributed by atoms with Crippen molar-refractivity contribution in [1.29, 1.82) is 0 Å². The van der Waals surface area contributed by atoms with Crippen molar-refractivity contribution < 1.29 is 18.0 Å². The van der Waals surface area contributed by atoms with E-state index in [0.29, 0.717) is 19.3 Å². The van der Waals surface area contributed by atoms with E-state index in [1.54, 1.807) is 23.5 Å². The first-order valence-corrected chi connectivity index (χ1v) is 12.3. The molecule has 4 nitrogen and oxygen atoms in total. The fraction of sp³-hybridized carbons (Fsp3) is 0.478. The first-order chi connectivity index (χ1) is 15.2. The molecule has 0 atom stereocenters. The maximum absolute atomic E-state index is 13.8. The summed E-state index contributed by atoms with van der Waals surface area (Å²) in [7, 11) is 0. The van der Waals surface area contributed by atoms with Crippen LogP contribution in [0.3, 0.4) is 0 Å². The van der Waals surface area contributed by atoms with Crippen LogP contribution in [0.25, 0.3) is 10.6 Å². The molecule has 170 valence electrons. The van der Waals surface area contributed by atoms with E-state index < -0.39 is 23.8 Å². The number of thiazole rings is 2. The molecule has 1 aliphatic rings. The molecule has 1 fully saturated rings. The van der Waals surface area contributed by atoms with Gasteiger partial charge in [0.2, 0.25) is 0 Å². The number of hydrogen-bond acceptors (Lipinski definition) is 6. The van der Waals surface area contributed by atoms with Gasteiger partial charge in [0.15, 0.2) is 5.78 Å². The van der Waals surface area contributed by atoms with E-state index in [4.69, 9.17) is 0 Å². The molecule has 32 heavy (non-hydrogen) atoms. The van der Waals surface area contributed by atoms with Crippen molar-refractivity contribution >= 4 is 28.5 Å². The Kier molecular flexibility index (Phi) is 6.49. The van der Waals surface area contributed by atoms with Crippen molar-refractivity contribution in [2.24, 2.45) is 5.41 Å². The number of halogens is 3. The Morgan fingerprint density at radius 2 is 1.88 bits per heavy atom. The first kappa shape index (κ1) is 23.0. The highest BCUT2D eigenvalue weighted by Gasteiger charge is 2.55. The number of carbonyl (C=O) groups is 1. The highest BCUT2D eigenvalue weighted by molar-refractivity contribution is 7.15. The lowest BCUT2D eigenvalue weighted by atomic mass is 9.70. The predicted octanol–water partition coefficient (Wildman–Crippen LogP) is 6.95. The summed E-state index contributed by atoms with van der Waals surface area (Å²) in [6.45, 7) is 3.93. The summed E-state index contributed by atoms with van der Waals surface area (Å²) < 4.78 is 41.3. The maximum Gasteiger partial charge on any atom is 0.394 e. The fourth-order valence-electron chi connectivity index (χ4n) is 4.31. The number of pyridine rings is 1. The molecule has 0 spiro atoms. The summed E-state index contributed by atoms with van der Waals surface area (Å²) in [5.74, 6) is -0.490. The van der Waals surface area contributed by atoms with Gasteiger partial charge in [-0.15, -0.1) is 22.7 Å². The van der Waals surface area contributed by atoms with Crippen LogP contribution < -0.4 is 0 Å². The van der Waals surface area contributed by atoms with Crippen LogP contribution in [0.5, 0.6) is 0 Å². The molecule has 0 bridgehead atoms. The topological polar surface area (TPSA) is 55.7 Å². The summed E-state index contributed by atoms with van der Waals surface area (Å²) in [4.78, 5) is 27.2. The summed E-state index contributed by atoms with van der Waals surface area (Å²) in [5.41, 5.74) is 0.914. The number of Topliss-reactive ketones (excluding diaryl/α,β-unsaturated/α-hetero) is 1. The van der Waals surface area contributed by atoms with E-state index in [1.165, 1.54) is 17.5 Å². The third-order valence-electron chi connectivity index (χ3n) is 6.08. The lowest BCUT2D eigenvalue weighted by molar-refractivity contribution is -0.233. The largest absolute Gasteiger partial charge is 0.394 e. The van der Waals surface area contributed by atoms with Crippen molar-refractivity contribution in [3.8, 4) is 10.6 Å². The van der Waals surface area contributed by atoms with Gasteiger partial charge in [0, 0.05) is 35.7 Å². The molecule has 1 saturated carbocycles. The molecule has 4 rings (SSSR count). The summed E-state index contributed by atoms with van der Waals surface area (Å²) in [5, 5.41) is 3.87. The van der Waals surface area contributed by atoms with Crippen LogP contribution in [0.2, 0.25) is 0 Å². The predicted molar refractivity (Wildman–Crippen MR) is 120 cm³/mol. The molecular formula is C23H24F3N3OS2. The SMILES string of the molecule is Cc1nc(C)c(-c2csc(Cc3ccc(C(=O)CC4(C(F)(F)F)CCCCC4)cn3)n2)s1. The lowest BCUT2D eigenvalue weighted by Gasteiger charge is -2.38. The van der Waals surface area contributed by atoms with Crippen LogP contribution in [0.15, 0.2) is 23.7 Å². The molecular weight excluding hydrogens is 455 g/mol. The first-order valence-electron chi connectivity index (χ1n) is 10.6. The number of nitrogens with zero attached hydrogens (tertiary/aromatic N) is 3. The molecule has 0 aliphatic heterocycles. The number of aromatic nitrogens is 3. The zero-order valence-electron chi connectivity index (χ0n) is 18.0. The summed E-state index contributed by atoms with van der Waals surface area (Å²) >= 11 is 3.14. The normalized spacial score (nSPS) is 16.3. The molecule has 0 radical (unpaired) electrons. The van der Waals surface area contributed by atoms with Crippen LogP contribution in [0.1, 0.15) is 70.3 Å². The van der Waals surface area contributed by atoms with E-state index in [0.717, 1.165) is 38.4 Å². The van der Waals surface area contributed by atoms with Gasteiger partial charge < -0.3 is 0 Å². The smallest absolute Gasteiger partial charge is 0.294 e. The van der Waals surface area contributed by atoms with Crippen LogP contribution in [0, 0.1) is 19.3 Å². The average Bonchev–Trinajstić information content (AvgIpc) is 3.33. The second kappa shape index (κ2) is 9.02. The lowest BCUT2D eigenvalue weighted by Crippen LogP contribution is -2.41. The van der Waals surface area contributed by atoms with Gasteiger partial charge in [-0.1, -0.05) is 19.3 Å². The molecule has 3 aromatic heterocycles. The van der Waals surface area contributed by atoms with E-state index in [-0.39, 0.29) is 18.4 Å². The van der Waals surface area contributed by atoms with Gasteiger partial charge in [0.1, 0.15) is 0 Å². The van der Waals surface area contributed by atoms with Gasteiger partial charge >= 0.3 is 6.18 Å². The molecule has 1 aliphatic carbocycles. The van der Waals surface area contributed by atoms with Gasteiger partial charge in [0.25, 0.3) is 0 Å². The molecule has 0 aromatic carbocycles. The number of hydrogen-bond donors (Lipinski definition) is 0. The van der Waals surface area contributed by atoms with Crippen molar-refractivity contribution in [1.82, 2.24) is 15.0 Å². The molecule has 3 heterocycles. The molecule has 0 saturated heterocycles. The average molecular weight is 480 g/mol. The zero-order valence-corrected chi connectivity index (χ0v) is 19.6. The number of carbonyl (C=O) groups excluding carboxylic acids is 1. The van der Waals surface area contributed by atoms with Gasteiger partial charge in [-0.25, -0.2) is 9.97 Å². The number of aryl methyl sites for hydroxylation is 2. The van der Waals surface area contributed by atoms with Gasteiger partial charge in [-0.2, -0.15) is 13.2 Å². The van der Waals surface area contributed by atoms with E-state index in [1.807, 2.05) is 19.2 Å². The summed E-state index contributed by atoms with van der Waals surface area (Å²) in [6, 6.07) is 3.29. The minimum Gasteiger partial charge on any atom is -0.294 e. The van der Waals surface area contributed by atoms with Crippen LogP contribution in [-0.4, -0.2) is 26.9 Å². The van der Waals surface area contributed by atoms with Crippen molar-refractivity contribution in [3.63, 3.8) is 0 Å². The Labute approximate surface area is 193 Å². The second-order valence-electron chi connectivity index (χ2n) is 8.43. The van der Waals surface area contributed by atoms with Crippen molar-refractivity contribution in [3.05, 3.63) is 50.7 Å². The molecule has 9 heteroatoms. The highest BCUT2D eigenvalue weighted by Crippen LogP contribution is 2.51. The van der Waals surface area contributed by atoms with Gasteiger partial charge in [0.05, 0.1) is 31.7 Å². The third-order valence-corrected chi connectivity index (χ3v) is 8.02. The van der Waals surface area contributed by atoms with Crippen LogP contribution in [-0.2, 0) is 6.42 Å². The number of alkyl halides is 3. The van der Waals surface area contributed by atoms with Gasteiger partial charge in [-0.05, 0) is 38.8 Å². The van der Waals surface area contributed by atoms with E-state index in [2.05, 4.69) is 15.0 Å². The Bertz CT molecular complexity index is 1100. The van der Waals surface area contributed by atoms with Crippen molar-refractivity contribution in [2.45, 2.75) is 65.0 Å². The quantitative estimate of drug-likeness (QED) is 0.359. The molecule has 0 N–H and O–H groups in total. The van der Waals surface area contributed by atoms with E-state index >= 15 is 0 Å². The monoisotopic (exact) mass is 479 g/mol. The van der Waals surface area contributed by atoms with Crippen molar-refractivity contribution in [2.75, 3.05) is 0 Å². The number of rotatable bonds is 6. The Balaban J connectivity index is 1.44. The minimum atomic E-state index is -4.37. The standard InChI is InChI=1S/C23H24F3N3OS2/c1-14-21(32-15(2)28-14)18-13-31-20(29-18)10-17-7-6-16(12-27-17)19(30)11-22(23(24,25)26)8-4-3-5-9-22/h6-7,12-13H,3-5,8-11H2,1-2H3. The molecule has 3 aromatic rings. The summed E-state index contributed by atoms with van der Waals surface area (Å²) in [6.07, 6.45) is -1.09. The number of ketones is 1. The Hall–Kier alpha value is -2.13. The Morgan fingerprint density at radius 3 is 2.47 bits per heavy atom. The highest BCUT2D eigenvalue weighted by atomic mass is 32.1. The van der Waals surface area contributed by atoms with Crippen LogP contribution >= 0.6 is 22.7 Å². The fourth-order valence-corrected chi connectivity index (χ4v) is 6.07. The van der Waals surface area contributed by atoms with E-state index in [9.17, 15) is 18.0 Å². The maximum atomic E-state index is 13.8.